The van der Waals surface area contributed by atoms with Crippen LogP contribution >= 0.6 is 11.6 Å². The molecule has 4 aliphatic rings. The summed E-state index contributed by atoms with van der Waals surface area (Å²) in [5.74, 6) is 0.0359. The van der Waals surface area contributed by atoms with Gasteiger partial charge in [-0.25, -0.2) is 22.3 Å². The first-order chi connectivity index (χ1) is 24.3. The Balaban J connectivity index is 0.000000205. The number of hydrogen-bond donors (Lipinski definition) is 2. The molecule has 2 aromatic rings. The second kappa shape index (κ2) is 17.3. The van der Waals surface area contributed by atoms with Crippen LogP contribution in [-0.2, 0) is 32.4 Å². The molecule has 280 valence electrons. The molecular formula is C36H51ClN6O7S. The number of carbonyl (C=O) groups is 3. The number of nitrogens with one attached hydrogen (secondary N) is 1. The average Bonchev–Trinajstić information content (AvgIpc) is 3.30. The number of aromatic hydroxyl groups is 1. The van der Waals surface area contributed by atoms with Crippen molar-refractivity contribution < 1.29 is 32.6 Å². The van der Waals surface area contributed by atoms with E-state index < -0.39 is 10.0 Å². The Kier molecular flexibility index (Phi) is 13.1. The Morgan fingerprint density at radius 2 is 1.57 bits per heavy atom. The number of rotatable bonds is 6. The van der Waals surface area contributed by atoms with Crippen LogP contribution in [0, 0.1) is 5.92 Å². The number of para-hydroxylation sites is 1. The molecule has 0 aliphatic carbocycles. The van der Waals surface area contributed by atoms with Crippen LogP contribution in [0.15, 0.2) is 42.5 Å². The van der Waals surface area contributed by atoms with Gasteiger partial charge in [-0.2, -0.15) is 0 Å². The molecule has 0 radical (unpaired) electrons. The van der Waals surface area contributed by atoms with Crippen LogP contribution in [0.4, 0.5) is 15.3 Å². The number of hydrogen-bond acceptors (Lipinski definition) is 8. The molecule has 4 amide bonds. The number of phenols is 1. The van der Waals surface area contributed by atoms with Crippen LogP contribution in [-0.4, -0.2) is 140 Å². The first kappa shape index (κ1) is 38.6. The van der Waals surface area contributed by atoms with E-state index in [9.17, 15) is 27.9 Å². The van der Waals surface area contributed by atoms with E-state index in [0.29, 0.717) is 63.3 Å². The van der Waals surface area contributed by atoms with Gasteiger partial charge in [-0.1, -0.05) is 42.8 Å². The summed E-state index contributed by atoms with van der Waals surface area (Å²) in [4.78, 5) is 44.8. The van der Waals surface area contributed by atoms with E-state index >= 15 is 0 Å². The van der Waals surface area contributed by atoms with Gasteiger partial charge in [-0.15, -0.1) is 0 Å². The highest BCUT2D eigenvalue weighted by Gasteiger charge is 2.33. The number of sulfonamides is 1. The molecule has 6 rings (SSSR count). The van der Waals surface area contributed by atoms with Gasteiger partial charge in [0.15, 0.2) is 0 Å². The van der Waals surface area contributed by atoms with Gasteiger partial charge in [0, 0.05) is 82.6 Å². The summed E-state index contributed by atoms with van der Waals surface area (Å²) in [6.45, 7) is 8.12. The van der Waals surface area contributed by atoms with Crippen molar-refractivity contribution in [3.05, 3.63) is 58.6 Å². The minimum Gasteiger partial charge on any atom is -0.506 e. The van der Waals surface area contributed by atoms with E-state index in [2.05, 4.69) is 16.3 Å². The summed E-state index contributed by atoms with van der Waals surface area (Å²) in [6, 6.07) is 13.5. The van der Waals surface area contributed by atoms with Crippen molar-refractivity contribution in [1.29, 1.82) is 0 Å². The SMILES string of the molecule is COC(=O)N1CCC(N2CCc3ccccc3NC2=O)CC1.C[C@H](Cc1ccc(O)c(Cl)c1)C(=O)N1CCN(C2CCN(S(C)(=O)=O)CC2)CC1. The Morgan fingerprint density at radius 3 is 2.20 bits per heavy atom. The van der Waals surface area contributed by atoms with Gasteiger partial charge in [-0.05, 0) is 67.9 Å². The van der Waals surface area contributed by atoms with Crippen LogP contribution in [0.2, 0.25) is 5.02 Å². The summed E-state index contributed by atoms with van der Waals surface area (Å²) in [5, 5.41) is 12.8. The zero-order valence-electron chi connectivity index (χ0n) is 29.8. The van der Waals surface area contributed by atoms with Gasteiger partial charge in [-0.3, -0.25) is 9.69 Å². The lowest BCUT2D eigenvalue weighted by Crippen LogP contribution is -2.55. The predicted octanol–water partition coefficient (Wildman–Crippen LogP) is 4.10. The maximum Gasteiger partial charge on any atom is 0.409 e. The molecule has 4 heterocycles. The van der Waals surface area contributed by atoms with E-state index in [1.165, 1.54) is 18.9 Å². The second-order valence-electron chi connectivity index (χ2n) is 13.9. The lowest BCUT2D eigenvalue weighted by atomic mass is 9.99. The zero-order valence-corrected chi connectivity index (χ0v) is 31.4. The van der Waals surface area contributed by atoms with Gasteiger partial charge >= 0.3 is 12.1 Å². The standard InChI is InChI=1S/C20H30ClN3O4S.C16H21N3O3/c1-15(13-16-3-4-19(25)18(21)14-16)20(26)23-11-9-22(10-12-23)17-5-7-24(8-6-17)29(2,27)28;1-22-16(21)18-9-7-13(8-10-18)19-11-6-12-4-2-3-5-14(12)17-15(19)20/h3-4,14-15,17,25H,5-13H2,1-2H3;2-5,13H,6-11H2,1H3,(H,17,20)/t15-;/m1./s1. The van der Waals surface area contributed by atoms with Gasteiger partial charge in [0.05, 0.1) is 18.4 Å². The number of ether oxygens (including phenoxy) is 1. The van der Waals surface area contributed by atoms with Gasteiger partial charge in [0.1, 0.15) is 5.75 Å². The monoisotopic (exact) mass is 746 g/mol. The number of nitrogens with zero attached hydrogens (tertiary/aromatic N) is 5. The number of amides is 4. The highest BCUT2D eigenvalue weighted by atomic mass is 35.5. The van der Waals surface area contributed by atoms with Crippen LogP contribution in [0.1, 0.15) is 43.7 Å². The topological polar surface area (TPSA) is 143 Å². The number of phenolic OH excluding ortho intramolecular Hbond substituents is 1. The Hall–Kier alpha value is -3.59. The molecule has 3 fully saturated rings. The summed E-state index contributed by atoms with van der Waals surface area (Å²) in [5.41, 5.74) is 3.01. The quantitative estimate of drug-likeness (QED) is 0.450. The van der Waals surface area contributed by atoms with Gasteiger partial charge < -0.3 is 29.9 Å². The fourth-order valence-electron chi connectivity index (χ4n) is 7.50. The predicted molar refractivity (Wildman–Crippen MR) is 196 cm³/mol. The summed E-state index contributed by atoms with van der Waals surface area (Å²) >= 11 is 5.96. The molecule has 0 bridgehead atoms. The maximum atomic E-state index is 12.8. The molecular weight excluding hydrogens is 696 g/mol. The van der Waals surface area contributed by atoms with Crippen molar-refractivity contribution in [3.63, 3.8) is 0 Å². The molecule has 3 saturated heterocycles. The third kappa shape index (κ3) is 10.1. The normalized spacial score (nSPS) is 20.4. The number of methoxy groups -OCH3 is 1. The van der Waals surface area contributed by atoms with Crippen LogP contribution in [0.3, 0.4) is 0 Å². The minimum absolute atomic E-state index is 0.0403. The molecule has 0 aromatic heterocycles. The molecule has 51 heavy (non-hydrogen) atoms. The zero-order chi connectivity index (χ0) is 36.7. The lowest BCUT2D eigenvalue weighted by molar-refractivity contribution is -0.137. The van der Waals surface area contributed by atoms with E-state index in [1.807, 2.05) is 34.9 Å². The highest BCUT2D eigenvalue weighted by molar-refractivity contribution is 7.88. The molecule has 13 nitrogen and oxygen atoms in total. The van der Waals surface area contributed by atoms with E-state index in [1.54, 1.807) is 27.4 Å². The van der Waals surface area contributed by atoms with Crippen molar-refractivity contribution in [2.24, 2.45) is 5.92 Å². The Morgan fingerprint density at radius 1 is 0.922 bits per heavy atom. The summed E-state index contributed by atoms with van der Waals surface area (Å²) < 4.78 is 29.6. The third-order valence-corrected chi connectivity index (χ3v) is 12.1. The third-order valence-electron chi connectivity index (χ3n) is 10.5. The molecule has 0 spiro atoms. The maximum absolute atomic E-state index is 12.8. The van der Waals surface area contributed by atoms with Gasteiger partial charge in [0.25, 0.3) is 0 Å². The average molecular weight is 747 g/mol. The van der Waals surface area contributed by atoms with E-state index in [-0.39, 0.29) is 35.7 Å². The molecule has 4 aliphatic heterocycles. The summed E-state index contributed by atoms with van der Waals surface area (Å²) in [7, 11) is -1.70. The highest BCUT2D eigenvalue weighted by Crippen LogP contribution is 2.27. The lowest BCUT2D eigenvalue weighted by Gasteiger charge is -2.42. The minimum atomic E-state index is -3.10. The number of piperazine rings is 1. The molecule has 15 heteroatoms. The fraction of sp³-hybridized carbons (Fsp3) is 0.583. The Bertz CT molecular complexity index is 1640. The molecule has 0 saturated carbocycles. The first-order valence-corrected chi connectivity index (χ1v) is 20.0. The second-order valence-corrected chi connectivity index (χ2v) is 16.3. The van der Waals surface area contributed by atoms with Crippen molar-refractivity contribution >= 4 is 45.3 Å². The number of anilines is 1. The van der Waals surface area contributed by atoms with Crippen molar-refractivity contribution in [2.75, 3.05) is 77.6 Å². The largest absolute Gasteiger partial charge is 0.506 e. The fourth-order valence-corrected chi connectivity index (χ4v) is 8.58. The van der Waals surface area contributed by atoms with Crippen LogP contribution in [0.25, 0.3) is 0 Å². The Labute approximate surface area is 306 Å². The molecule has 2 aromatic carbocycles. The van der Waals surface area contributed by atoms with Crippen molar-refractivity contribution in [2.45, 2.75) is 57.5 Å². The molecule has 0 unspecified atom stereocenters. The smallest absolute Gasteiger partial charge is 0.409 e. The van der Waals surface area contributed by atoms with E-state index in [0.717, 1.165) is 56.4 Å². The van der Waals surface area contributed by atoms with Crippen molar-refractivity contribution in [3.8, 4) is 5.75 Å². The number of fused-ring (bicyclic) bond motifs is 1. The number of carbonyl (C=O) groups excluding carboxylic acids is 3. The molecule has 2 N–H and O–H groups in total. The van der Waals surface area contributed by atoms with Crippen LogP contribution in [0.5, 0.6) is 5.75 Å². The van der Waals surface area contributed by atoms with Crippen molar-refractivity contribution in [1.82, 2.24) is 23.9 Å². The number of urea groups is 1. The van der Waals surface area contributed by atoms with E-state index in [4.69, 9.17) is 16.3 Å². The summed E-state index contributed by atoms with van der Waals surface area (Å²) in [6.07, 6.45) is 5.70. The number of halogens is 1. The van der Waals surface area contributed by atoms with Gasteiger partial charge in [0.2, 0.25) is 15.9 Å². The van der Waals surface area contributed by atoms with Crippen LogP contribution < -0.4 is 5.32 Å². The molecule has 1 atom stereocenters. The number of benzene rings is 2. The first-order valence-electron chi connectivity index (χ1n) is 17.8. The number of likely N-dealkylation sites (tertiary alicyclic amines) is 1. The number of piperidine rings is 2.